The number of hydrogen-bond acceptors (Lipinski definition) is 2. The molecule has 0 bridgehead atoms. The molecule has 13 heavy (non-hydrogen) atoms. The Morgan fingerprint density at radius 1 is 1.46 bits per heavy atom. The number of benzene rings is 1. The molecule has 1 nitrogen and oxygen atoms in total. The summed E-state index contributed by atoms with van der Waals surface area (Å²) in [6.07, 6.45) is 1.83. The second kappa shape index (κ2) is 3.72. The van der Waals surface area contributed by atoms with Gasteiger partial charge in [-0.1, -0.05) is 18.2 Å². The van der Waals surface area contributed by atoms with E-state index in [1.807, 2.05) is 18.2 Å². The monoisotopic (exact) mass is 212 g/mol. The lowest BCUT2D eigenvalue weighted by atomic mass is 10.1. The van der Waals surface area contributed by atoms with E-state index in [9.17, 15) is 4.79 Å². The van der Waals surface area contributed by atoms with E-state index in [0.29, 0.717) is 0 Å². The Labute approximate surface area is 86.5 Å². The highest BCUT2D eigenvalue weighted by Gasteiger charge is 2.23. The molecule has 0 saturated heterocycles. The van der Waals surface area contributed by atoms with Crippen LogP contribution in [0.3, 0.4) is 0 Å². The summed E-state index contributed by atoms with van der Waals surface area (Å²) in [4.78, 5) is 12.2. The van der Waals surface area contributed by atoms with Crippen molar-refractivity contribution in [1.29, 1.82) is 0 Å². The molecule has 1 atom stereocenters. The third-order valence-electron chi connectivity index (χ3n) is 2.17. The molecular weight excluding hydrogens is 204 g/mol. The fourth-order valence-electron chi connectivity index (χ4n) is 1.48. The minimum Gasteiger partial charge on any atom is -0.280 e. The SMILES string of the molecule is O=C(Cl)C1CCc2ccccc2S1. The van der Waals surface area contributed by atoms with Gasteiger partial charge in [0.2, 0.25) is 5.24 Å². The molecule has 1 aliphatic rings. The zero-order valence-corrected chi connectivity index (χ0v) is 8.57. The van der Waals surface area contributed by atoms with Crippen molar-refractivity contribution in [3.05, 3.63) is 29.8 Å². The van der Waals surface area contributed by atoms with E-state index in [0.717, 1.165) is 12.8 Å². The van der Waals surface area contributed by atoms with E-state index in [4.69, 9.17) is 11.6 Å². The van der Waals surface area contributed by atoms with Gasteiger partial charge in [-0.2, -0.15) is 0 Å². The van der Waals surface area contributed by atoms with Crippen molar-refractivity contribution in [1.82, 2.24) is 0 Å². The van der Waals surface area contributed by atoms with E-state index in [1.165, 1.54) is 10.5 Å². The zero-order valence-electron chi connectivity index (χ0n) is 7.00. The van der Waals surface area contributed by atoms with Crippen molar-refractivity contribution >= 4 is 28.6 Å². The average Bonchev–Trinajstić information content (AvgIpc) is 2.17. The van der Waals surface area contributed by atoms with Gasteiger partial charge in [0, 0.05) is 4.90 Å². The smallest absolute Gasteiger partial charge is 0.235 e. The van der Waals surface area contributed by atoms with Crippen LogP contribution < -0.4 is 0 Å². The summed E-state index contributed by atoms with van der Waals surface area (Å²) in [6, 6.07) is 8.18. The Hall–Kier alpha value is -0.470. The molecule has 1 unspecified atom stereocenters. The maximum absolute atomic E-state index is 11.0. The maximum atomic E-state index is 11.0. The lowest BCUT2D eigenvalue weighted by Gasteiger charge is -2.20. The van der Waals surface area contributed by atoms with Gasteiger partial charge in [-0.3, -0.25) is 4.79 Å². The Balaban J connectivity index is 2.24. The minimum absolute atomic E-state index is 0.0448. The third kappa shape index (κ3) is 1.89. The molecule has 1 aliphatic heterocycles. The fraction of sp³-hybridized carbons (Fsp3) is 0.300. The van der Waals surface area contributed by atoms with E-state index in [2.05, 4.69) is 6.07 Å². The number of thioether (sulfide) groups is 1. The summed E-state index contributed by atoms with van der Waals surface area (Å²) >= 11 is 7.05. The van der Waals surface area contributed by atoms with Crippen LogP contribution in [-0.4, -0.2) is 10.5 Å². The molecule has 2 rings (SSSR count). The lowest BCUT2D eigenvalue weighted by Crippen LogP contribution is -2.16. The number of rotatable bonds is 1. The third-order valence-corrected chi connectivity index (χ3v) is 3.95. The predicted molar refractivity (Wildman–Crippen MR) is 55.3 cm³/mol. The molecule has 3 heteroatoms. The summed E-state index contributed by atoms with van der Waals surface area (Å²) in [5.41, 5.74) is 1.33. The highest BCUT2D eigenvalue weighted by Crippen LogP contribution is 2.35. The van der Waals surface area contributed by atoms with Crippen LogP contribution in [0.1, 0.15) is 12.0 Å². The molecule has 68 valence electrons. The van der Waals surface area contributed by atoms with Crippen LogP contribution in [0.25, 0.3) is 0 Å². The van der Waals surface area contributed by atoms with Crippen LogP contribution in [0, 0.1) is 0 Å². The Kier molecular flexibility index (Phi) is 2.61. The van der Waals surface area contributed by atoms with Crippen LogP contribution in [0.15, 0.2) is 29.2 Å². The molecule has 0 saturated carbocycles. The number of fused-ring (bicyclic) bond motifs is 1. The van der Waals surface area contributed by atoms with Crippen molar-refractivity contribution in [2.24, 2.45) is 0 Å². The number of halogens is 1. The van der Waals surface area contributed by atoms with E-state index < -0.39 is 0 Å². The predicted octanol–water partition coefficient (Wildman–Crippen LogP) is 2.86. The van der Waals surface area contributed by atoms with E-state index in [1.54, 1.807) is 11.8 Å². The molecule has 0 spiro atoms. The Morgan fingerprint density at radius 3 is 3.00 bits per heavy atom. The molecule has 0 fully saturated rings. The van der Waals surface area contributed by atoms with Crippen LogP contribution in [0.2, 0.25) is 0 Å². The van der Waals surface area contributed by atoms with Crippen LogP contribution in [0.5, 0.6) is 0 Å². The Morgan fingerprint density at radius 2 is 2.23 bits per heavy atom. The van der Waals surface area contributed by atoms with Crippen LogP contribution in [-0.2, 0) is 11.2 Å². The summed E-state index contributed by atoms with van der Waals surface area (Å²) < 4.78 is 0. The zero-order chi connectivity index (χ0) is 9.26. The molecule has 1 aromatic carbocycles. The second-order valence-corrected chi connectivity index (χ2v) is 4.67. The highest BCUT2D eigenvalue weighted by molar-refractivity contribution is 8.01. The quantitative estimate of drug-likeness (QED) is 0.666. The first-order valence-corrected chi connectivity index (χ1v) is 5.47. The van der Waals surface area contributed by atoms with Crippen molar-refractivity contribution in [2.45, 2.75) is 23.0 Å². The second-order valence-electron chi connectivity index (χ2n) is 3.06. The van der Waals surface area contributed by atoms with Gasteiger partial charge in [0.15, 0.2) is 0 Å². The maximum Gasteiger partial charge on any atom is 0.235 e. The largest absolute Gasteiger partial charge is 0.280 e. The average molecular weight is 213 g/mol. The van der Waals surface area contributed by atoms with Crippen molar-refractivity contribution in [3.8, 4) is 0 Å². The van der Waals surface area contributed by atoms with Crippen molar-refractivity contribution in [3.63, 3.8) is 0 Å². The van der Waals surface area contributed by atoms with Crippen molar-refractivity contribution < 1.29 is 4.79 Å². The molecule has 1 heterocycles. The first-order chi connectivity index (χ1) is 6.27. The number of carbonyl (C=O) groups excluding carboxylic acids is 1. The molecule has 0 amide bonds. The van der Waals surface area contributed by atoms with Gasteiger partial charge in [0.25, 0.3) is 0 Å². The van der Waals surface area contributed by atoms with Gasteiger partial charge >= 0.3 is 0 Å². The normalized spacial score (nSPS) is 20.8. The van der Waals surface area contributed by atoms with Gasteiger partial charge in [0.1, 0.15) is 0 Å². The molecular formula is C10H9ClOS. The first kappa shape index (κ1) is 9.10. The van der Waals surface area contributed by atoms with Gasteiger partial charge in [-0.15, -0.1) is 11.8 Å². The van der Waals surface area contributed by atoms with Crippen LogP contribution in [0.4, 0.5) is 0 Å². The highest BCUT2D eigenvalue weighted by atomic mass is 35.5. The number of carbonyl (C=O) groups is 1. The summed E-state index contributed by atoms with van der Waals surface area (Å²) in [7, 11) is 0. The topological polar surface area (TPSA) is 17.1 Å². The number of hydrogen-bond donors (Lipinski definition) is 0. The summed E-state index contributed by atoms with van der Waals surface area (Å²) in [5, 5.41) is -0.268. The van der Waals surface area contributed by atoms with Gasteiger partial charge in [0.05, 0.1) is 5.25 Å². The van der Waals surface area contributed by atoms with Gasteiger partial charge in [-0.25, -0.2) is 0 Å². The van der Waals surface area contributed by atoms with Crippen molar-refractivity contribution in [2.75, 3.05) is 0 Å². The summed E-state index contributed by atoms with van der Waals surface area (Å²) in [5.74, 6) is 0. The van der Waals surface area contributed by atoms with Crippen LogP contribution >= 0.6 is 23.4 Å². The van der Waals surface area contributed by atoms with Gasteiger partial charge < -0.3 is 0 Å². The molecule has 0 aliphatic carbocycles. The van der Waals surface area contributed by atoms with E-state index in [-0.39, 0.29) is 10.5 Å². The standard InChI is InChI=1S/C10H9ClOS/c11-10(12)9-6-5-7-3-1-2-4-8(7)13-9/h1-4,9H,5-6H2. The molecule has 0 radical (unpaired) electrons. The number of aryl methyl sites for hydroxylation is 1. The Bertz CT molecular complexity index is 337. The molecule has 1 aromatic rings. The lowest BCUT2D eigenvalue weighted by molar-refractivity contribution is -0.111. The minimum atomic E-state index is -0.223. The molecule has 0 N–H and O–H groups in total. The fourth-order valence-corrected chi connectivity index (χ4v) is 2.84. The molecule has 0 aromatic heterocycles. The van der Waals surface area contributed by atoms with Gasteiger partial charge in [-0.05, 0) is 36.1 Å². The first-order valence-electron chi connectivity index (χ1n) is 4.21. The van der Waals surface area contributed by atoms with E-state index >= 15 is 0 Å². The summed E-state index contributed by atoms with van der Waals surface area (Å²) in [6.45, 7) is 0.